The number of piperazine rings is 1. The SMILES string of the molecule is C[C@@H]1CN(C2CN(C(=O)OC(C)(C)C)C2)C[C@H](C)N1c1ccc([N+](=O)[O-])cc1. The van der Waals surface area contributed by atoms with E-state index >= 15 is 0 Å². The summed E-state index contributed by atoms with van der Waals surface area (Å²) in [5.41, 5.74) is 0.648. The Bertz CT molecular complexity index is 713. The van der Waals surface area contributed by atoms with Gasteiger partial charge in [-0.3, -0.25) is 15.0 Å². The first kappa shape index (κ1) is 20.4. The molecule has 0 aliphatic carbocycles. The van der Waals surface area contributed by atoms with E-state index in [1.807, 2.05) is 32.9 Å². The van der Waals surface area contributed by atoms with E-state index in [4.69, 9.17) is 4.74 Å². The summed E-state index contributed by atoms with van der Waals surface area (Å²) in [7, 11) is 0. The van der Waals surface area contributed by atoms with Crippen LogP contribution < -0.4 is 4.90 Å². The van der Waals surface area contributed by atoms with Gasteiger partial charge in [0.1, 0.15) is 5.60 Å². The van der Waals surface area contributed by atoms with Crippen LogP contribution in [0.1, 0.15) is 34.6 Å². The maximum Gasteiger partial charge on any atom is 0.410 e. The van der Waals surface area contributed by atoms with Crippen molar-refractivity contribution in [1.82, 2.24) is 9.80 Å². The molecule has 8 heteroatoms. The highest BCUT2D eigenvalue weighted by molar-refractivity contribution is 5.69. The smallest absolute Gasteiger partial charge is 0.410 e. The van der Waals surface area contributed by atoms with E-state index < -0.39 is 5.60 Å². The van der Waals surface area contributed by atoms with Crippen LogP contribution in [0.5, 0.6) is 0 Å². The molecular weight excluding hydrogens is 360 g/mol. The van der Waals surface area contributed by atoms with Crippen LogP contribution >= 0.6 is 0 Å². The lowest BCUT2D eigenvalue weighted by Gasteiger charge is -2.52. The first-order valence-corrected chi connectivity index (χ1v) is 9.80. The van der Waals surface area contributed by atoms with Gasteiger partial charge in [-0.1, -0.05) is 0 Å². The number of non-ortho nitro benzene ring substituents is 1. The van der Waals surface area contributed by atoms with Gasteiger partial charge in [0.05, 0.1) is 4.92 Å². The largest absolute Gasteiger partial charge is 0.444 e. The number of hydrogen-bond acceptors (Lipinski definition) is 6. The van der Waals surface area contributed by atoms with Gasteiger partial charge < -0.3 is 14.5 Å². The molecule has 0 radical (unpaired) electrons. The molecule has 154 valence electrons. The molecule has 8 nitrogen and oxygen atoms in total. The van der Waals surface area contributed by atoms with Crippen LogP contribution in [0, 0.1) is 10.1 Å². The number of hydrogen-bond donors (Lipinski definition) is 0. The lowest BCUT2D eigenvalue weighted by atomic mass is 10.0. The minimum atomic E-state index is -0.471. The average molecular weight is 390 g/mol. The third-order valence-corrected chi connectivity index (χ3v) is 5.34. The Labute approximate surface area is 166 Å². The van der Waals surface area contributed by atoms with Crippen LogP contribution in [0.4, 0.5) is 16.2 Å². The van der Waals surface area contributed by atoms with Crippen molar-refractivity contribution in [2.75, 3.05) is 31.1 Å². The van der Waals surface area contributed by atoms with Crippen LogP contribution in [0.2, 0.25) is 0 Å². The normalized spacial score (nSPS) is 24.0. The van der Waals surface area contributed by atoms with Gasteiger partial charge in [-0.05, 0) is 46.8 Å². The first-order chi connectivity index (χ1) is 13.0. The molecule has 0 aromatic heterocycles. The second-order valence-corrected chi connectivity index (χ2v) is 8.87. The third-order valence-electron chi connectivity index (χ3n) is 5.34. The standard InChI is InChI=1S/C20H30N4O4/c1-14-10-21(18-12-22(13-18)19(25)28-20(3,4)5)11-15(2)23(14)16-6-8-17(9-7-16)24(26)27/h6-9,14-15,18H,10-13H2,1-5H3/t14-,15+. The van der Waals surface area contributed by atoms with Crippen molar-refractivity contribution in [2.45, 2.75) is 58.3 Å². The second kappa shape index (κ2) is 7.58. The molecule has 2 aliphatic rings. The molecular formula is C20H30N4O4. The quantitative estimate of drug-likeness (QED) is 0.583. The molecule has 2 atom stereocenters. The van der Waals surface area contributed by atoms with Crippen LogP contribution in [0.25, 0.3) is 0 Å². The van der Waals surface area contributed by atoms with Gasteiger partial charge >= 0.3 is 6.09 Å². The zero-order valence-electron chi connectivity index (χ0n) is 17.3. The lowest BCUT2D eigenvalue weighted by molar-refractivity contribution is -0.384. The highest BCUT2D eigenvalue weighted by Crippen LogP contribution is 2.29. The molecule has 28 heavy (non-hydrogen) atoms. The van der Waals surface area contributed by atoms with Crippen LogP contribution in [-0.2, 0) is 4.74 Å². The topological polar surface area (TPSA) is 79.2 Å². The summed E-state index contributed by atoms with van der Waals surface area (Å²) in [5.74, 6) is 0. The fraction of sp³-hybridized carbons (Fsp3) is 0.650. The maximum atomic E-state index is 12.1. The van der Waals surface area contributed by atoms with Crippen molar-refractivity contribution in [3.05, 3.63) is 34.4 Å². The molecule has 0 saturated carbocycles. The van der Waals surface area contributed by atoms with Crippen LogP contribution in [-0.4, -0.2) is 70.7 Å². The first-order valence-electron chi connectivity index (χ1n) is 9.80. The number of anilines is 1. The fourth-order valence-corrected chi connectivity index (χ4v) is 4.08. The molecule has 2 heterocycles. The Hall–Kier alpha value is -2.35. The average Bonchev–Trinajstić information content (AvgIpc) is 2.51. The molecule has 0 spiro atoms. The summed E-state index contributed by atoms with van der Waals surface area (Å²) in [4.78, 5) is 29.2. The number of carbonyl (C=O) groups excluding carboxylic acids is 1. The van der Waals surface area contributed by atoms with E-state index in [0.29, 0.717) is 19.1 Å². The highest BCUT2D eigenvalue weighted by Gasteiger charge is 2.41. The van der Waals surface area contributed by atoms with Crippen molar-refractivity contribution in [3.63, 3.8) is 0 Å². The zero-order chi connectivity index (χ0) is 20.6. The van der Waals surface area contributed by atoms with Gasteiger partial charge in [0, 0.05) is 62.1 Å². The zero-order valence-corrected chi connectivity index (χ0v) is 17.3. The predicted octanol–water partition coefficient (Wildman–Crippen LogP) is 3.11. The van der Waals surface area contributed by atoms with Gasteiger partial charge in [0.2, 0.25) is 0 Å². The van der Waals surface area contributed by atoms with E-state index in [0.717, 1.165) is 18.8 Å². The number of nitrogens with zero attached hydrogens (tertiary/aromatic N) is 4. The molecule has 3 rings (SSSR count). The Morgan fingerprint density at radius 2 is 1.61 bits per heavy atom. The van der Waals surface area contributed by atoms with Gasteiger partial charge in [0.25, 0.3) is 5.69 Å². The second-order valence-electron chi connectivity index (χ2n) is 8.87. The minimum Gasteiger partial charge on any atom is -0.444 e. The Morgan fingerprint density at radius 1 is 1.07 bits per heavy atom. The molecule has 1 aromatic carbocycles. The van der Waals surface area contributed by atoms with Crippen molar-refractivity contribution >= 4 is 17.5 Å². The number of likely N-dealkylation sites (tertiary alicyclic amines) is 1. The third kappa shape index (κ3) is 4.38. The summed E-state index contributed by atoms with van der Waals surface area (Å²) in [6.45, 7) is 13.2. The Kier molecular flexibility index (Phi) is 5.52. The molecule has 0 unspecified atom stereocenters. The molecule has 2 saturated heterocycles. The molecule has 1 aromatic rings. The number of benzene rings is 1. The van der Waals surface area contributed by atoms with Gasteiger partial charge in [-0.2, -0.15) is 0 Å². The summed E-state index contributed by atoms with van der Waals surface area (Å²) < 4.78 is 5.43. The van der Waals surface area contributed by atoms with E-state index in [2.05, 4.69) is 23.6 Å². The Balaban J connectivity index is 1.57. The van der Waals surface area contributed by atoms with E-state index in [9.17, 15) is 14.9 Å². The Morgan fingerprint density at radius 3 is 2.07 bits per heavy atom. The number of carbonyl (C=O) groups is 1. The van der Waals surface area contributed by atoms with Crippen LogP contribution in [0.15, 0.2) is 24.3 Å². The summed E-state index contributed by atoms with van der Waals surface area (Å²) >= 11 is 0. The highest BCUT2D eigenvalue weighted by atomic mass is 16.6. The van der Waals surface area contributed by atoms with E-state index in [1.54, 1.807) is 17.0 Å². The fourth-order valence-electron chi connectivity index (χ4n) is 4.08. The van der Waals surface area contributed by atoms with Gasteiger partial charge in [-0.25, -0.2) is 4.79 Å². The van der Waals surface area contributed by atoms with Gasteiger partial charge in [-0.15, -0.1) is 0 Å². The van der Waals surface area contributed by atoms with E-state index in [1.165, 1.54) is 0 Å². The van der Waals surface area contributed by atoms with Crippen molar-refractivity contribution < 1.29 is 14.5 Å². The lowest BCUT2D eigenvalue weighted by Crippen LogP contribution is -2.67. The molecule has 2 aliphatic heterocycles. The number of nitro groups is 1. The number of rotatable bonds is 3. The van der Waals surface area contributed by atoms with Crippen molar-refractivity contribution in [3.8, 4) is 0 Å². The molecule has 2 fully saturated rings. The minimum absolute atomic E-state index is 0.111. The van der Waals surface area contributed by atoms with Gasteiger partial charge in [0.15, 0.2) is 0 Å². The molecule has 0 bridgehead atoms. The van der Waals surface area contributed by atoms with Crippen molar-refractivity contribution in [1.29, 1.82) is 0 Å². The van der Waals surface area contributed by atoms with Crippen molar-refractivity contribution in [2.24, 2.45) is 0 Å². The van der Waals surface area contributed by atoms with E-state index in [-0.39, 0.29) is 28.8 Å². The summed E-state index contributed by atoms with van der Waals surface area (Å²) in [6, 6.07) is 7.69. The maximum absolute atomic E-state index is 12.1. The molecule has 0 N–H and O–H groups in total. The number of amides is 1. The molecule has 1 amide bonds. The number of nitro benzene ring substituents is 1. The van der Waals surface area contributed by atoms with Crippen LogP contribution in [0.3, 0.4) is 0 Å². The monoisotopic (exact) mass is 390 g/mol. The summed E-state index contributed by atoms with van der Waals surface area (Å²) in [5, 5.41) is 10.9. The summed E-state index contributed by atoms with van der Waals surface area (Å²) in [6.07, 6.45) is -0.241. The predicted molar refractivity (Wildman–Crippen MR) is 108 cm³/mol. The number of ether oxygens (including phenoxy) is 1.